The maximum absolute atomic E-state index is 14.6. The van der Waals surface area contributed by atoms with E-state index in [0.29, 0.717) is 36.8 Å². The zero-order valence-electron chi connectivity index (χ0n) is 25.3. The van der Waals surface area contributed by atoms with Crippen molar-refractivity contribution in [1.82, 2.24) is 19.4 Å². The lowest BCUT2D eigenvalue weighted by Gasteiger charge is -2.46. The molecule has 1 amide bonds. The maximum Gasteiger partial charge on any atom is 0.239 e. The van der Waals surface area contributed by atoms with Crippen molar-refractivity contribution in [2.45, 2.75) is 81.5 Å². The highest BCUT2D eigenvalue weighted by Crippen LogP contribution is 2.45. The number of primary amides is 1. The number of para-hydroxylation sites is 2. The summed E-state index contributed by atoms with van der Waals surface area (Å²) in [6.07, 6.45) is 7.21. The Morgan fingerprint density at radius 3 is 2.32 bits per heavy atom. The lowest BCUT2D eigenvalue weighted by molar-refractivity contribution is -0.124. The molecule has 3 aliphatic rings. The van der Waals surface area contributed by atoms with E-state index >= 15 is 0 Å². The summed E-state index contributed by atoms with van der Waals surface area (Å²) in [5.41, 5.74) is 9.73. The van der Waals surface area contributed by atoms with Gasteiger partial charge in [-0.15, -0.1) is 0 Å². The van der Waals surface area contributed by atoms with Gasteiger partial charge in [0.2, 0.25) is 5.91 Å². The number of imidazole rings is 1. The van der Waals surface area contributed by atoms with Crippen molar-refractivity contribution >= 4 is 16.9 Å². The first kappa shape index (κ1) is 29.1. The first-order valence-electron chi connectivity index (χ1n) is 16.1. The highest BCUT2D eigenvalue weighted by atomic mass is 19.1. The van der Waals surface area contributed by atoms with Gasteiger partial charge in [-0.25, -0.2) is 13.8 Å². The molecule has 3 aliphatic heterocycles. The quantitative estimate of drug-likeness (QED) is 0.254. The number of amides is 1. The molecule has 3 fully saturated rings. The van der Waals surface area contributed by atoms with E-state index < -0.39 is 11.9 Å². The molecule has 8 heteroatoms. The van der Waals surface area contributed by atoms with Gasteiger partial charge in [0.25, 0.3) is 0 Å². The number of carbonyl (C=O) groups is 1. The molecule has 3 saturated heterocycles. The number of benzene rings is 3. The molecule has 0 saturated carbocycles. The number of hydrogen-bond acceptors (Lipinski definition) is 4. The average molecular weight is 598 g/mol. The number of aromatic nitrogens is 2. The SMILES string of the molecule is Cc1nc2ccccc2n1C1C[C@H]2CC[C@@H](C1)N2CCC1(c2cccc(F)c2)CCN(C(C(N)=O)c2ccc(F)cc2)CC1. The highest BCUT2D eigenvalue weighted by molar-refractivity contribution is 5.81. The molecule has 230 valence electrons. The second kappa shape index (κ2) is 11.7. The zero-order valence-corrected chi connectivity index (χ0v) is 25.3. The lowest BCUT2D eigenvalue weighted by atomic mass is 9.70. The summed E-state index contributed by atoms with van der Waals surface area (Å²) in [7, 11) is 0. The molecule has 2 N–H and O–H groups in total. The Kier molecular flexibility index (Phi) is 7.75. The number of nitrogens with zero attached hydrogens (tertiary/aromatic N) is 4. The van der Waals surface area contributed by atoms with Gasteiger partial charge in [0, 0.05) is 31.2 Å². The molecule has 1 aromatic heterocycles. The van der Waals surface area contributed by atoms with Gasteiger partial charge in [0.15, 0.2) is 0 Å². The van der Waals surface area contributed by atoms with Crippen LogP contribution in [0.5, 0.6) is 0 Å². The van der Waals surface area contributed by atoms with Crippen LogP contribution in [-0.2, 0) is 10.2 Å². The number of aryl methyl sites for hydroxylation is 1. The molecule has 0 aliphatic carbocycles. The zero-order chi connectivity index (χ0) is 30.4. The summed E-state index contributed by atoms with van der Waals surface area (Å²) >= 11 is 0. The first-order valence-corrected chi connectivity index (χ1v) is 16.1. The van der Waals surface area contributed by atoms with Crippen LogP contribution in [0, 0.1) is 18.6 Å². The Hall–Kier alpha value is -3.62. The van der Waals surface area contributed by atoms with Crippen LogP contribution >= 0.6 is 0 Å². The molecular weight excluding hydrogens is 556 g/mol. The molecule has 6 nitrogen and oxygen atoms in total. The van der Waals surface area contributed by atoms with Gasteiger partial charge in [-0.2, -0.15) is 0 Å². The van der Waals surface area contributed by atoms with Crippen LogP contribution in [0.2, 0.25) is 0 Å². The molecule has 0 spiro atoms. The van der Waals surface area contributed by atoms with Crippen molar-refractivity contribution in [2.24, 2.45) is 5.73 Å². The Labute approximate surface area is 257 Å². The second-order valence-electron chi connectivity index (χ2n) is 13.2. The van der Waals surface area contributed by atoms with E-state index in [9.17, 15) is 13.6 Å². The Bertz CT molecular complexity index is 1630. The number of carbonyl (C=O) groups excluding carboxylic acids is 1. The Balaban J connectivity index is 1.09. The molecule has 4 aromatic rings. The van der Waals surface area contributed by atoms with Gasteiger partial charge in [-0.3, -0.25) is 14.6 Å². The van der Waals surface area contributed by atoms with Crippen LogP contribution in [0.1, 0.15) is 74.0 Å². The average Bonchev–Trinajstić information content (AvgIpc) is 3.48. The number of piperidine rings is 2. The van der Waals surface area contributed by atoms with Gasteiger partial charge in [0.05, 0.1) is 11.0 Å². The molecule has 44 heavy (non-hydrogen) atoms. The number of nitrogens with two attached hydrogens (primary N) is 1. The van der Waals surface area contributed by atoms with E-state index in [0.717, 1.165) is 55.6 Å². The van der Waals surface area contributed by atoms with Crippen molar-refractivity contribution in [3.8, 4) is 0 Å². The fourth-order valence-electron chi connectivity index (χ4n) is 8.70. The summed E-state index contributed by atoms with van der Waals surface area (Å²) in [5, 5.41) is 0. The minimum absolute atomic E-state index is 0.197. The number of likely N-dealkylation sites (tertiary alicyclic amines) is 1. The molecule has 0 radical (unpaired) electrons. The molecule has 2 unspecified atom stereocenters. The molecule has 3 aromatic carbocycles. The van der Waals surface area contributed by atoms with E-state index in [1.54, 1.807) is 18.2 Å². The maximum atomic E-state index is 14.6. The van der Waals surface area contributed by atoms with Crippen molar-refractivity contribution < 1.29 is 13.6 Å². The molecule has 4 atom stereocenters. The Morgan fingerprint density at radius 1 is 0.932 bits per heavy atom. The molecule has 2 bridgehead atoms. The van der Waals surface area contributed by atoms with Gasteiger partial charge in [-0.1, -0.05) is 36.4 Å². The monoisotopic (exact) mass is 597 g/mol. The lowest BCUT2D eigenvalue weighted by Crippen LogP contribution is -2.50. The van der Waals surface area contributed by atoms with Crippen molar-refractivity contribution in [3.63, 3.8) is 0 Å². The van der Waals surface area contributed by atoms with Crippen LogP contribution in [0.15, 0.2) is 72.8 Å². The molecule has 4 heterocycles. The van der Waals surface area contributed by atoms with Gasteiger partial charge in [0.1, 0.15) is 23.5 Å². The van der Waals surface area contributed by atoms with Gasteiger partial charge in [-0.05, 0) is 111 Å². The van der Waals surface area contributed by atoms with E-state index in [1.807, 2.05) is 6.07 Å². The summed E-state index contributed by atoms with van der Waals surface area (Å²) < 4.78 is 30.7. The van der Waals surface area contributed by atoms with Gasteiger partial charge >= 0.3 is 0 Å². The predicted molar refractivity (Wildman–Crippen MR) is 168 cm³/mol. The standard InChI is InChI=1S/C36H41F2N5O/c1-24-40-32-7-2-3-8-33(32)43(24)31-22-29-13-14-30(23-31)42(29)20-17-36(26-5-4-6-28(38)21-26)15-18-41(19-16-36)34(35(39)44)25-9-11-27(37)12-10-25/h2-12,21,29-31,34H,13-20,22-23H2,1H3,(H2,39,44)/t29-,30+,31?,34?. The first-order chi connectivity index (χ1) is 21.3. The van der Waals surface area contributed by atoms with Crippen LogP contribution in [0.3, 0.4) is 0 Å². The normalized spacial score (nSPS) is 24.5. The fraction of sp³-hybridized carbons (Fsp3) is 0.444. The van der Waals surface area contributed by atoms with E-state index in [4.69, 9.17) is 10.7 Å². The predicted octanol–water partition coefficient (Wildman–Crippen LogP) is 6.44. The minimum atomic E-state index is -0.612. The van der Waals surface area contributed by atoms with Crippen molar-refractivity contribution in [2.75, 3.05) is 19.6 Å². The van der Waals surface area contributed by atoms with Crippen molar-refractivity contribution in [1.29, 1.82) is 0 Å². The molecular formula is C36H41F2N5O. The van der Waals surface area contributed by atoms with Crippen LogP contribution in [0.4, 0.5) is 8.78 Å². The number of fused-ring (bicyclic) bond motifs is 3. The third-order valence-corrected chi connectivity index (χ3v) is 10.9. The van der Waals surface area contributed by atoms with Crippen molar-refractivity contribution in [3.05, 3.63) is 101 Å². The van der Waals surface area contributed by atoms with Crippen LogP contribution in [0.25, 0.3) is 11.0 Å². The largest absolute Gasteiger partial charge is 0.368 e. The summed E-state index contributed by atoms with van der Waals surface area (Å²) in [6.45, 7) is 4.41. The minimum Gasteiger partial charge on any atom is -0.368 e. The number of rotatable bonds is 8. The highest BCUT2D eigenvalue weighted by Gasteiger charge is 2.44. The molecule has 7 rings (SSSR count). The number of hydrogen-bond donors (Lipinski definition) is 1. The summed E-state index contributed by atoms with van der Waals surface area (Å²) in [4.78, 5) is 22.3. The second-order valence-corrected chi connectivity index (χ2v) is 13.2. The van der Waals surface area contributed by atoms with E-state index in [1.165, 1.54) is 36.6 Å². The van der Waals surface area contributed by atoms with E-state index in [-0.39, 0.29) is 17.0 Å². The fourth-order valence-corrected chi connectivity index (χ4v) is 8.70. The van der Waals surface area contributed by atoms with Crippen LogP contribution in [-0.4, -0.2) is 57.0 Å². The third-order valence-electron chi connectivity index (χ3n) is 10.9. The van der Waals surface area contributed by atoms with Crippen LogP contribution < -0.4 is 5.73 Å². The van der Waals surface area contributed by atoms with Gasteiger partial charge < -0.3 is 10.3 Å². The topological polar surface area (TPSA) is 67.4 Å². The summed E-state index contributed by atoms with van der Waals surface area (Å²) in [6, 6.07) is 22.5. The number of halogens is 2. The Morgan fingerprint density at radius 2 is 1.64 bits per heavy atom. The smallest absolute Gasteiger partial charge is 0.239 e. The summed E-state index contributed by atoms with van der Waals surface area (Å²) in [5.74, 6) is 0.104. The third kappa shape index (κ3) is 5.32. The van der Waals surface area contributed by atoms with E-state index in [2.05, 4.69) is 51.6 Å².